The molecule has 0 N–H and O–H groups in total. The molecule has 0 fully saturated rings. The average molecular weight is 804 g/mol. The average Bonchev–Trinajstić information content (AvgIpc) is 3.60. The Kier molecular flexibility index (Phi) is 11.0. The van der Waals surface area contributed by atoms with Gasteiger partial charge in [0.2, 0.25) is 0 Å². The predicted octanol–water partition coefficient (Wildman–Crippen LogP) is 13.9. The van der Waals surface area contributed by atoms with Gasteiger partial charge in [0.15, 0.2) is 23.1 Å². The van der Waals surface area contributed by atoms with Crippen molar-refractivity contribution < 1.29 is 66.2 Å². The fraction of sp³-hybridized carbons (Fsp3) is 0.231. The number of benzene rings is 2. The first-order valence-corrected chi connectivity index (χ1v) is 16.3. The molecule has 2 aromatic carbocycles. The summed E-state index contributed by atoms with van der Waals surface area (Å²) in [6.45, 7) is 0. The Hall–Kier alpha value is -2.06. The van der Waals surface area contributed by atoms with Gasteiger partial charge in [0, 0.05) is 19.5 Å². The number of hydrogen-bond acceptors (Lipinski definition) is 5. The van der Waals surface area contributed by atoms with E-state index in [-0.39, 0.29) is 46.2 Å². The van der Waals surface area contributed by atoms with E-state index in [2.05, 4.69) is 0 Å². The van der Waals surface area contributed by atoms with Crippen LogP contribution in [0.1, 0.15) is 9.75 Å². The molecule has 1 nitrogen and oxygen atoms in total. The fourth-order valence-corrected chi connectivity index (χ4v) is 7.89. The highest BCUT2D eigenvalue weighted by molar-refractivity contribution is 7.99. The first-order valence-electron chi connectivity index (χ1n) is 11.9. The Morgan fingerprint density at radius 2 is 0.915 bits per heavy atom. The molecule has 2 heterocycles. The third kappa shape index (κ3) is 9.14. The quantitative estimate of drug-likeness (QED) is 0.130. The Labute approximate surface area is 280 Å². The first-order chi connectivity index (χ1) is 21.5. The Morgan fingerprint density at radius 3 is 1.19 bits per heavy atom. The molecule has 0 bridgehead atoms. The molecule has 21 heteroatoms. The number of rotatable bonds is 8. The van der Waals surface area contributed by atoms with Gasteiger partial charge in [-0.25, -0.2) is 8.78 Å². The zero-order valence-electron chi connectivity index (χ0n) is 22.0. The SMILES string of the molecule is Fc1c(Oc2cc(SCC(F)(F)F)c(Cl)c(-c3ccc(C(F)(F)F)s3)c2F)cc(SCC(F)(F)F)c(Cl)c1-c1ccc(C(F)(F)F)s1. The van der Waals surface area contributed by atoms with Crippen LogP contribution in [0.25, 0.3) is 20.9 Å². The molecule has 0 aliphatic rings. The van der Waals surface area contributed by atoms with E-state index in [1.165, 1.54) is 0 Å². The number of halogens is 16. The molecule has 4 rings (SSSR count). The summed E-state index contributed by atoms with van der Waals surface area (Å²) < 4.78 is 195. The van der Waals surface area contributed by atoms with Crippen LogP contribution in [0.5, 0.6) is 11.5 Å². The maximum atomic E-state index is 15.9. The Bertz CT molecular complexity index is 1640. The lowest BCUT2D eigenvalue weighted by molar-refractivity contribution is -0.135. The van der Waals surface area contributed by atoms with Gasteiger partial charge >= 0.3 is 24.7 Å². The van der Waals surface area contributed by atoms with Crippen LogP contribution in [0.2, 0.25) is 10.0 Å². The van der Waals surface area contributed by atoms with E-state index in [0.717, 1.165) is 12.1 Å². The molecule has 0 aliphatic carbocycles. The van der Waals surface area contributed by atoms with E-state index in [9.17, 15) is 52.7 Å². The van der Waals surface area contributed by atoms with Crippen LogP contribution in [-0.4, -0.2) is 23.9 Å². The minimum atomic E-state index is -4.91. The van der Waals surface area contributed by atoms with E-state index in [0.29, 0.717) is 24.3 Å². The van der Waals surface area contributed by atoms with Crippen molar-refractivity contribution in [3.8, 4) is 32.4 Å². The molecule has 4 aromatic rings. The molecule has 0 saturated heterocycles. The smallest absolute Gasteiger partial charge is 0.425 e. The number of hydrogen-bond donors (Lipinski definition) is 0. The van der Waals surface area contributed by atoms with Crippen LogP contribution in [0.4, 0.5) is 61.5 Å². The zero-order valence-corrected chi connectivity index (χ0v) is 26.7. The van der Waals surface area contributed by atoms with Crippen molar-refractivity contribution in [2.45, 2.75) is 34.5 Å². The van der Waals surface area contributed by atoms with Crippen LogP contribution in [-0.2, 0) is 12.4 Å². The molecule has 2 aromatic heterocycles. The van der Waals surface area contributed by atoms with Gasteiger partial charge in [0.25, 0.3) is 0 Å². The fourth-order valence-electron chi connectivity index (χ4n) is 3.66. The van der Waals surface area contributed by atoms with E-state index in [4.69, 9.17) is 27.9 Å². The van der Waals surface area contributed by atoms with E-state index >= 15 is 8.78 Å². The molecule has 0 spiro atoms. The molecule has 0 atom stereocenters. The summed E-state index contributed by atoms with van der Waals surface area (Å²) in [6.07, 6.45) is -19.5. The Balaban J connectivity index is 1.92. The van der Waals surface area contributed by atoms with Crippen LogP contribution in [0.3, 0.4) is 0 Å². The van der Waals surface area contributed by atoms with Crippen molar-refractivity contribution in [1.82, 2.24) is 0 Å². The molecule has 0 amide bonds. The monoisotopic (exact) mass is 802 g/mol. The minimum Gasteiger partial charge on any atom is -0.451 e. The lowest BCUT2D eigenvalue weighted by Gasteiger charge is -2.18. The summed E-state index contributed by atoms with van der Waals surface area (Å²) in [5.74, 6) is -8.72. The number of ether oxygens (including phenoxy) is 1. The van der Waals surface area contributed by atoms with Crippen molar-refractivity contribution in [3.63, 3.8) is 0 Å². The molecular weight excluding hydrogens is 793 g/mol. The standard InChI is InChI=1S/C26H10Cl2F14OS4/c27-19-13(44-7-23(31,32)33)5-9(21(29)17(19)11-1-3-15(46-11)25(37,38)39)43-10-6-14(45-8-24(34,35)36)20(28)18(22(10)30)12-2-4-16(47-12)26(40,41)42/h1-6H,7-8H2. The molecule has 256 valence electrons. The number of thiophene rings is 2. The van der Waals surface area contributed by atoms with Crippen LogP contribution in [0, 0.1) is 11.6 Å². The van der Waals surface area contributed by atoms with E-state index < -0.39 is 110 Å². The van der Waals surface area contributed by atoms with Gasteiger partial charge in [-0.05, 0) is 36.4 Å². The van der Waals surface area contributed by atoms with Crippen LogP contribution >= 0.6 is 69.4 Å². The van der Waals surface area contributed by atoms with E-state index in [1.54, 1.807) is 0 Å². The Morgan fingerprint density at radius 1 is 0.574 bits per heavy atom. The van der Waals surface area contributed by atoms with Crippen molar-refractivity contribution in [1.29, 1.82) is 0 Å². The maximum Gasteiger partial charge on any atom is 0.425 e. The second kappa shape index (κ2) is 13.7. The second-order valence-corrected chi connectivity index (χ2v) is 13.9. The van der Waals surface area contributed by atoms with Gasteiger partial charge in [-0.3, -0.25) is 0 Å². The lowest BCUT2D eigenvalue weighted by Crippen LogP contribution is -2.11. The highest BCUT2D eigenvalue weighted by atomic mass is 35.5. The highest BCUT2D eigenvalue weighted by Gasteiger charge is 2.36. The largest absolute Gasteiger partial charge is 0.451 e. The maximum absolute atomic E-state index is 15.9. The van der Waals surface area contributed by atoms with Crippen molar-refractivity contribution >= 4 is 69.4 Å². The molecule has 0 unspecified atom stereocenters. The lowest BCUT2D eigenvalue weighted by atomic mass is 10.1. The van der Waals surface area contributed by atoms with Gasteiger partial charge in [-0.2, -0.15) is 52.7 Å². The molecule has 0 saturated carbocycles. The zero-order chi connectivity index (χ0) is 35.3. The summed E-state index contributed by atoms with van der Waals surface area (Å²) in [7, 11) is 0. The molecular formula is C26H10Cl2F14OS4. The molecule has 0 radical (unpaired) electrons. The van der Waals surface area contributed by atoms with Crippen LogP contribution in [0.15, 0.2) is 46.2 Å². The summed E-state index contributed by atoms with van der Waals surface area (Å²) in [4.78, 5) is -4.73. The van der Waals surface area contributed by atoms with Crippen molar-refractivity contribution in [2.75, 3.05) is 11.5 Å². The first kappa shape index (κ1) is 37.8. The van der Waals surface area contributed by atoms with Gasteiger partial charge < -0.3 is 4.74 Å². The summed E-state index contributed by atoms with van der Waals surface area (Å²) in [5.41, 5.74) is -1.74. The highest BCUT2D eigenvalue weighted by Crippen LogP contribution is 2.51. The van der Waals surface area contributed by atoms with Crippen LogP contribution < -0.4 is 4.74 Å². The summed E-state index contributed by atoms with van der Waals surface area (Å²) in [6, 6.07) is 3.72. The number of thioether (sulfide) groups is 2. The number of alkyl halides is 12. The van der Waals surface area contributed by atoms with Gasteiger partial charge in [0.1, 0.15) is 9.75 Å². The third-order valence-corrected chi connectivity index (χ3v) is 11.0. The topological polar surface area (TPSA) is 9.23 Å². The molecule has 0 aliphatic heterocycles. The van der Waals surface area contributed by atoms with Gasteiger partial charge in [0.05, 0.1) is 32.7 Å². The van der Waals surface area contributed by atoms with Crippen molar-refractivity contribution in [2.24, 2.45) is 0 Å². The van der Waals surface area contributed by atoms with Gasteiger partial charge in [-0.1, -0.05) is 23.2 Å². The molecule has 47 heavy (non-hydrogen) atoms. The third-order valence-electron chi connectivity index (χ3n) is 5.53. The normalized spacial score (nSPS) is 13.0. The van der Waals surface area contributed by atoms with E-state index in [1.807, 2.05) is 0 Å². The van der Waals surface area contributed by atoms with Crippen molar-refractivity contribution in [3.05, 3.63) is 67.8 Å². The summed E-state index contributed by atoms with van der Waals surface area (Å²) >= 11 is 12.1. The minimum absolute atomic E-state index is 0.0357. The predicted molar refractivity (Wildman–Crippen MR) is 153 cm³/mol. The summed E-state index contributed by atoms with van der Waals surface area (Å²) in [5, 5.41) is -1.53. The second-order valence-electron chi connectivity index (χ2n) is 8.98. The van der Waals surface area contributed by atoms with Gasteiger partial charge in [-0.15, -0.1) is 46.2 Å².